The second kappa shape index (κ2) is 8.78. The number of ether oxygens (including phenoxy) is 1. The summed E-state index contributed by atoms with van der Waals surface area (Å²) in [5, 5.41) is 16.5. The summed E-state index contributed by atoms with van der Waals surface area (Å²) in [4.78, 5) is 26.7. The molecule has 1 aromatic carbocycles. The first-order valence-electron chi connectivity index (χ1n) is 9.57. The summed E-state index contributed by atoms with van der Waals surface area (Å²) in [5.74, 6) is -1.04. The molecular formula is C21H23BrN4O3. The SMILES string of the molecule is C[C@H](OC(=O)c1cc(-c2ccc(Br)cc2)n[nH]1)C(=O)N(C)C1(C#N)CCCCC1. The molecule has 7 nitrogen and oxygen atoms in total. The standard InChI is InChI=1S/C21H23BrN4O3/c1-14(19(27)26(2)21(13-23)10-4-3-5-11-21)29-20(28)18-12-17(24-25-18)15-6-8-16(22)9-7-15/h6-9,12,14H,3-5,10-11H2,1-2H3,(H,24,25)/t14-/m0/s1. The Morgan fingerprint density at radius 2 is 1.93 bits per heavy atom. The zero-order valence-corrected chi connectivity index (χ0v) is 18.0. The van der Waals surface area contributed by atoms with Gasteiger partial charge >= 0.3 is 5.97 Å². The van der Waals surface area contributed by atoms with Gasteiger partial charge < -0.3 is 9.64 Å². The van der Waals surface area contributed by atoms with Crippen LogP contribution < -0.4 is 0 Å². The van der Waals surface area contributed by atoms with Crippen molar-refractivity contribution in [3.63, 3.8) is 0 Å². The molecule has 1 aliphatic rings. The van der Waals surface area contributed by atoms with Gasteiger partial charge in [-0.05, 0) is 38.0 Å². The Morgan fingerprint density at radius 1 is 1.28 bits per heavy atom. The topological polar surface area (TPSA) is 99.1 Å². The van der Waals surface area contributed by atoms with E-state index in [4.69, 9.17) is 4.74 Å². The molecule has 1 aliphatic carbocycles. The second-order valence-corrected chi connectivity index (χ2v) is 8.24. The first-order valence-corrected chi connectivity index (χ1v) is 10.4. The van der Waals surface area contributed by atoms with E-state index in [9.17, 15) is 14.9 Å². The zero-order chi connectivity index (χ0) is 21.0. The lowest BCUT2D eigenvalue weighted by molar-refractivity contribution is -0.143. The first kappa shape index (κ1) is 21.1. The van der Waals surface area contributed by atoms with Gasteiger partial charge in [-0.3, -0.25) is 9.89 Å². The van der Waals surface area contributed by atoms with Crippen molar-refractivity contribution in [1.29, 1.82) is 5.26 Å². The van der Waals surface area contributed by atoms with Gasteiger partial charge in [0.2, 0.25) is 0 Å². The summed E-state index contributed by atoms with van der Waals surface area (Å²) in [6.07, 6.45) is 3.17. The van der Waals surface area contributed by atoms with E-state index in [1.165, 1.54) is 11.8 Å². The van der Waals surface area contributed by atoms with E-state index in [0.717, 1.165) is 29.3 Å². The highest BCUT2D eigenvalue weighted by molar-refractivity contribution is 9.10. The molecule has 1 N–H and O–H groups in total. The van der Waals surface area contributed by atoms with Gasteiger partial charge in [0.05, 0.1) is 11.8 Å². The summed E-state index contributed by atoms with van der Waals surface area (Å²) in [6, 6.07) is 11.4. The molecule has 0 unspecified atom stereocenters. The van der Waals surface area contributed by atoms with Crippen molar-refractivity contribution < 1.29 is 14.3 Å². The minimum absolute atomic E-state index is 0.165. The third-order valence-corrected chi connectivity index (χ3v) is 5.96. The van der Waals surface area contributed by atoms with Crippen molar-refractivity contribution in [2.45, 2.75) is 50.7 Å². The fourth-order valence-electron chi connectivity index (χ4n) is 3.61. The molecule has 3 rings (SSSR count). The number of H-pyrrole nitrogens is 1. The van der Waals surface area contributed by atoms with Crippen LogP contribution in [0.3, 0.4) is 0 Å². The van der Waals surface area contributed by atoms with E-state index >= 15 is 0 Å². The molecule has 8 heteroatoms. The molecule has 29 heavy (non-hydrogen) atoms. The number of aromatic nitrogens is 2. The maximum atomic E-state index is 12.8. The number of nitrogens with zero attached hydrogens (tertiary/aromatic N) is 3. The molecule has 1 aromatic heterocycles. The lowest BCUT2D eigenvalue weighted by Gasteiger charge is -2.39. The van der Waals surface area contributed by atoms with E-state index in [1.807, 2.05) is 24.3 Å². The first-order chi connectivity index (χ1) is 13.9. The average molecular weight is 459 g/mol. The molecule has 0 radical (unpaired) electrons. The quantitative estimate of drug-likeness (QED) is 0.680. The van der Waals surface area contributed by atoms with E-state index in [2.05, 4.69) is 32.2 Å². The van der Waals surface area contributed by atoms with Gasteiger partial charge in [-0.15, -0.1) is 0 Å². The molecule has 152 valence electrons. The Kier molecular flexibility index (Phi) is 6.38. The number of likely N-dealkylation sites (N-methyl/N-ethyl adjacent to an activating group) is 1. The summed E-state index contributed by atoms with van der Waals surface area (Å²) < 4.78 is 6.30. The Hall–Kier alpha value is -2.66. The van der Waals surface area contributed by atoms with E-state index in [0.29, 0.717) is 18.5 Å². The normalized spacial score (nSPS) is 16.5. The number of carbonyl (C=O) groups is 2. The van der Waals surface area contributed by atoms with Crippen molar-refractivity contribution in [2.75, 3.05) is 7.05 Å². The van der Waals surface area contributed by atoms with Gasteiger partial charge in [0.15, 0.2) is 6.10 Å². The molecule has 1 fully saturated rings. The monoisotopic (exact) mass is 458 g/mol. The molecule has 0 spiro atoms. The Morgan fingerprint density at radius 3 is 2.55 bits per heavy atom. The van der Waals surface area contributed by atoms with E-state index < -0.39 is 17.6 Å². The molecule has 1 atom stereocenters. The predicted octanol–water partition coefficient (Wildman–Crippen LogP) is 4.07. The van der Waals surface area contributed by atoms with Crippen molar-refractivity contribution >= 4 is 27.8 Å². The highest BCUT2D eigenvalue weighted by atomic mass is 79.9. The number of carbonyl (C=O) groups excluding carboxylic acids is 2. The lowest BCUT2D eigenvalue weighted by Crippen LogP contribution is -2.53. The Labute approximate surface area is 178 Å². The van der Waals surface area contributed by atoms with Crippen LogP contribution in [-0.2, 0) is 9.53 Å². The summed E-state index contributed by atoms with van der Waals surface area (Å²) >= 11 is 3.38. The number of nitrogens with one attached hydrogen (secondary N) is 1. The summed E-state index contributed by atoms with van der Waals surface area (Å²) in [5.41, 5.74) is 0.795. The second-order valence-electron chi connectivity index (χ2n) is 7.32. The minimum atomic E-state index is -1.00. The number of aromatic amines is 1. The number of nitriles is 1. The van der Waals surface area contributed by atoms with Crippen molar-refractivity contribution in [3.05, 3.63) is 40.5 Å². The van der Waals surface area contributed by atoms with Crippen LogP contribution in [0.2, 0.25) is 0 Å². The lowest BCUT2D eigenvalue weighted by atomic mass is 9.81. The minimum Gasteiger partial charge on any atom is -0.448 e. The molecule has 0 saturated heterocycles. The van der Waals surface area contributed by atoms with Crippen LogP contribution in [-0.4, -0.2) is 45.7 Å². The predicted molar refractivity (Wildman–Crippen MR) is 111 cm³/mol. The van der Waals surface area contributed by atoms with Gasteiger partial charge in [0.1, 0.15) is 11.2 Å². The molecule has 1 amide bonds. The van der Waals surface area contributed by atoms with Crippen LogP contribution in [0.1, 0.15) is 49.5 Å². The zero-order valence-electron chi connectivity index (χ0n) is 16.4. The number of esters is 1. The van der Waals surface area contributed by atoms with Crippen LogP contribution in [0.25, 0.3) is 11.3 Å². The van der Waals surface area contributed by atoms with Crippen molar-refractivity contribution in [3.8, 4) is 17.3 Å². The Bertz CT molecular complexity index is 926. The van der Waals surface area contributed by atoms with Crippen LogP contribution in [0.4, 0.5) is 0 Å². The maximum absolute atomic E-state index is 12.8. The highest BCUT2D eigenvalue weighted by Gasteiger charge is 2.40. The highest BCUT2D eigenvalue weighted by Crippen LogP contribution is 2.33. The number of halogens is 1. The van der Waals surface area contributed by atoms with Crippen LogP contribution in [0, 0.1) is 11.3 Å². The molecule has 0 aliphatic heterocycles. The third-order valence-electron chi connectivity index (χ3n) is 5.43. The van der Waals surface area contributed by atoms with Gasteiger partial charge in [0, 0.05) is 17.1 Å². The summed E-state index contributed by atoms with van der Waals surface area (Å²) in [6.45, 7) is 1.52. The number of hydrogen-bond acceptors (Lipinski definition) is 5. The molecule has 0 bridgehead atoms. The van der Waals surface area contributed by atoms with Crippen molar-refractivity contribution in [2.24, 2.45) is 0 Å². The molecule has 2 aromatic rings. The van der Waals surface area contributed by atoms with Gasteiger partial charge in [-0.1, -0.05) is 47.3 Å². The largest absolute Gasteiger partial charge is 0.448 e. The van der Waals surface area contributed by atoms with Crippen molar-refractivity contribution in [1.82, 2.24) is 15.1 Å². The smallest absolute Gasteiger partial charge is 0.357 e. The fraction of sp³-hybridized carbons (Fsp3) is 0.429. The van der Waals surface area contributed by atoms with Crippen LogP contribution >= 0.6 is 15.9 Å². The molecular weight excluding hydrogens is 436 g/mol. The molecule has 1 saturated carbocycles. The molecule has 1 heterocycles. The van der Waals surface area contributed by atoms with Crippen LogP contribution in [0.5, 0.6) is 0 Å². The van der Waals surface area contributed by atoms with Gasteiger partial charge in [-0.25, -0.2) is 4.79 Å². The van der Waals surface area contributed by atoms with E-state index in [-0.39, 0.29) is 11.6 Å². The average Bonchev–Trinajstić information content (AvgIpc) is 3.24. The van der Waals surface area contributed by atoms with Gasteiger partial charge in [0.25, 0.3) is 5.91 Å². The maximum Gasteiger partial charge on any atom is 0.357 e. The van der Waals surface area contributed by atoms with Gasteiger partial charge in [-0.2, -0.15) is 10.4 Å². The van der Waals surface area contributed by atoms with E-state index in [1.54, 1.807) is 13.1 Å². The summed E-state index contributed by atoms with van der Waals surface area (Å²) in [7, 11) is 1.61. The number of rotatable bonds is 5. The number of hydrogen-bond donors (Lipinski definition) is 1. The number of amides is 1. The third kappa shape index (κ3) is 4.51. The number of benzene rings is 1. The fourth-order valence-corrected chi connectivity index (χ4v) is 3.88. The van der Waals surface area contributed by atoms with Crippen LogP contribution in [0.15, 0.2) is 34.8 Å². The Balaban J connectivity index is 1.66.